The van der Waals surface area contributed by atoms with Gasteiger partial charge in [-0.05, 0) is 30.0 Å². The van der Waals surface area contributed by atoms with Gasteiger partial charge < -0.3 is 14.6 Å². The van der Waals surface area contributed by atoms with Gasteiger partial charge in [-0.15, -0.1) is 0 Å². The van der Waals surface area contributed by atoms with Crippen LogP contribution in [0.4, 0.5) is 0 Å². The van der Waals surface area contributed by atoms with Gasteiger partial charge in [0, 0.05) is 13.0 Å². The summed E-state index contributed by atoms with van der Waals surface area (Å²) in [5, 5.41) is 10.2. The van der Waals surface area contributed by atoms with Crippen LogP contribution in [0.1, 0.15) is 18.9 Å². The smallest absolute Gasteiger partial charge is 0.119 e. The average Bonchev–Trinajstić information content (AvgIpc) is 2.76. The molecule has 0 bridgehead atoms. The van der Waals surface area contributed by atoms with Crippen molar-refractivity contribution in [3.63, 3.8) is 0 Å². The van der Waals surface area contributed by atoms with E-state index in [1.54, 1.807) is 7.11 Å². The zero-order valence-corrected chi connectivity index (χ0v) is 10.4. The Morgan fingerprint density at radius 2 is 2.35 bits per heavy atom. The number of aliphatic hydroxyl groups is 1. The molecule has 1 aliphatic heterocycles. The molecule has 1 aromatic carbocycles. The molecule has 3 atom stereocenters. The minimum Gasteiger partial charge on any atom is -0.497 e. The van der Waals surface area contributed by atoms with E-state index < -0.39 is 6.10 Å². The molecule has 94 valence electrons. The zero-order chi connectivity index (χ0) is 12.3. The van der Waals surface area contributed by atoms with Crippen molar-refractivity contribution in [2.75, 3.05) is 13.7 Å². The first-order chi connectivity index (χ1) is 8.20. The first kappa shape index (κ1) is 12.4. The summed E-state index contributed by atoms with van der Waals surface area (Å²) in [6, 6.07) is 7.82. The largest absolute Gasteiger partial charge is 0.497 e. The lowest BCUT2D eigenvalue weighted by Crippen LogP contribution is -2.31. The number of aliphatic hydroxyl groups excluding tert-OH is 1. The van der Waals surface area contributed by atoms with E-state index in [9.17, 15) is 5.11 Å². The Bertz CT molecular complexity index is 364. The fourth-order valence-electron chi connectivity index (χ4n) is 2.37. The van der Waals surface area contributed by atoms with Gasteiger partial charge in [0.2, 0.25) is 0 Å². The highest BCUT2D eigenvalue weighted by Gasteiger charge is 2.30. The molecule has 2 rings (SSSR count). The Morgan fingerprint density at radius 1 is 1.53 bits per heavy atom. The number of hydrogen-bond acceptors (Lipinski definition) is 3. The monoisotopic (exact) mass is 236 g/mol. The van der Waals surface area contributed by atoms with Crippen LogP contribution in [-0.2, 0) is 11.2 Å². The van der Waals surface area contributed by atoms with Crippen LogP contribution in [-0.4, -0.2) is 31.0 Å². The van der Waals surface area contributed by atoms with E-state index in [1.807, 2.05) is 24.3 Å². The van der Waals surface area contributed by atoms with Gasteiger partial charge in [0.25, 0.3) is 0 Å². The van der Waals surface area contributed by atoms with E-state index in [0.29, 0.717) is 12.3 Å². The number of hydrogen-bond donors (Lipinski definition) is 1. The summed E-state index contributed by atoms with van der Waals surface area (Å²) in [5.74, 6) is 1.27. The molecule has 1 aromatic rings. The van der Waals surface area contributed by atoms with Crippen molar-refractivity contribution in [2.45, 2.75) is 32.0 Å². The van der Waals surface area contributed by atoms with Crippen molar-refractivity contribution in [2.24, 2.45) is 5.92 Å². The molecule has 0 aromatic heterocycles. The Morgan fingerprint density at radius 3 is 3.00 bits per heavy atom. The average molecular weight is 236 g/mol. The molecule has 0 saturated carbocycles. The van der Waals surface area contributed by atoms with Crippen LogP contribution < -0.4 is 4.74 Å². The summed E-state index contributed by atoms with van der Waals surface area (Å²) in [5.41, 5.74) is 1.08. The maximum atomic E-state index is 10.2. The molecule has 0 spiro atoms. The van der Waals surface area contributed by atoms with Crippen molar-refractivity contribution >= 4 is 0 Å². The van der Waals surface area contributed by atoms with Crippen LogP contribution in [0, 0.1) is 5.92 Å². The van der Waals surface area contributed by atoms with Gasteiger partial charge in [0.15, 0.2) is 0 Å². The van der Waals surface area contributed by atoms with E-state index in [0.717, 1.165) is 24.3 Å². The SMILES string of the molecule is COc1cccc(CC(O)C2OCCC2C)c1. The third kappa shape index (κ3) is 2.99. The van der Waals surface area contributed by atoms with Crippen molar-refractivity contribution in [3.8, 4) is 5.75 Å². The van der Waals surface area contributed by atoms with E-state index >= 15 is 0 Å². The van der Waals surface area contributed by atoms with Crippen molar-refractivity contribution in [1.29, 1.82) is 0 Å². The second-order valence-electron chi connectivity index (χ2n) is 4.72. The maximum absolute atomic E-state index is 10.2. The molecule has 17 heavy (non-hydrogen) atoms. The topological polar surface area (TPSA) is 38.7 Å². The number of benzene rings is 1. The normalized spacial score (nSPS) is 25.8. The molecule has 0 aliphatic carbocycles. The molecule has 0 radical (unpaired) electrons. The van der Waals surface area contributed by atoms with Gasteiger partial charge >= 0.3 is 0 Å². The minimum atomic E-state index is -0.431. The Balaban J connectivity index is 1.99. The quantitative estimate of drug-likeness (QED) is 0.869. The molecule has 1 aliphatic rings. The molecule has 3 nitrogen and oxygen atoms in total. The third-order valence-corrected chi connectivity index (χ3v) is 3.40. The Hall–Kier alpha value is -1.06. The Kier molecular flexibility index (Phi) is 4.02. The highest BCUT2D eigenvalue weighted by Crippen LogP contribution is 2.25. The molecule has 1 fully saturated rings. The summed E-state index contributed by atoms with van der Waals surface area (Å²) in [4.78, 5) is 0. The zero-order valence-electron chi connectivity index (χ0n) is 10.4. The number of rotatable bonds is 4. The van der Waals surface area contributed by atoms with Gasteiger partial charge in [-0.2, -0.15) is 0 Å². The lowest BCUT2D eigenvalue weighted by molar-refractivity contribution is -0.0157. The van der Waals surface area contributed by atoms with E-state index in [-0.39, 0.29) is 6.10 Å². The van der Waals surface area contributed by atoms with Crippen LogP contribution in [0.15, 0.2) is 24.3 Å². The van der Waals surface area contributed by atoms with Gasteiger partial charge in [0.05, 0.1) is 19.3 Å². The van der Waals surface area contributed by atoms with Crippen LogP contribution >= 0.6 is 0 Å². The number of ether oxygens (including phenoxy) is 2. The van der Waals surface area contributed by atoms with Crippen LogP contribution in [0.25, 0.3) is 0 Å². The van der Waals surface area contributed by atoms with Gasteiger partial charge in [-0.3, -0.25) is 0 Å². The highest BCUT2D eigenvalue weighted by molar-refractivity contribution is 5.28. The number of methoxy groups -OCH3 is 1. The summed E-state index contributed by atoms with van der Waals surface area (Å²) in [6.07, 6.45) is 1.20. The predicted molar refractivity (Wildman–Crippen MR) is 66.2 cm³/mol. The Labute approximate surface area is 102 Å². The molecule has 1 heterocycles. The van der Waals surface area contributed by atoms with Crippen molar-refractivity contribution < 1.29 is 14.6 Å². The first-order valence-corrected chi connectivity index (χ1v) is 6.13. The molecule has 3 unspecified atom stereocenters. The summed E-state index contributed by atoms with van der Waals surface area (Å²) < 4.78 is 10.7. The molecule has 0 amide bonds. The lowest BCUT2D eigenvalue weighted by Gasteiger charge is -2.21. The highest BCUT2D eigenvalue weighted by atomic mass is 16.5. The minimum absolute atomic E-state index is 0.0267. The molecular formula is C14H20O3. The lowest BCUT2D eigenvalue weighted by atomic mass is 9.95. The molecular weight excluding hydrogens is 216 g/mol. The van der Waals surface area contributed by atoms with Gasteiger partial charge in [-0.25, -0.2) is 0 Å². The van der Waals surface area contributed by atoms with Crippen LogP contribution in [0.5, 0.6) is 5.75 Å². The second kappa shape index (κ2) is 5.52. The molecule has 1 saturated heterocycles. The summed E-state index contributed by atoms with van der Waals surface area (Å²) in [7, 11) is 1.65. The fourth-order valence-corrected chi connectivity index (χ4v) is 2.37. The van der Waals surface area contributed by atoms with Crippen LogP contribution in [0.3, 0.4) is 0 Å². The first-order valence-electron chi connectivity index (χ1n) is 6.13. The van der Waals surface area contributed by atoms with E-state index in [2.05, 4.69) is 6.92 Å². The second-order valence-corrected chi connectivity index (χ2v) is 4.72. The third-order valence-electron chi connectivity index (χ3n) is 3.40. The van der Waals surface area contributed by atoms with E-state index in [4.69, 9.17) is 9.47 Å². The maximum Gasteiger partial charge on any atom is 0.119 e. The van der Waals surface area contributed by atoms with Crippen molar-refractivity contribution in [3.05, 3.63) is 29.8 Å². The van der Waals surface area contributed by atoms with Gasteiger partial charge in [0.1, 0.15) is 5.75 Å². The van der Waals surface area contributed by atoms with Crippen molar-refractivity contribution in [1.82, 2.24) is 0 Å². The summed E-state index contributed by atoms with van der Waals surface area (Å²) in [6.45, 7) is 2.90. The van der Waals surface area contributed by atoms with E-state index in [1.165, 1.54) is 0 Å². The van der Waals surface area contributed by atoms with Gasteiger partial charge in [-0.1, -0.05) is 19.1 Å². The molecule has 1 N–H and O–H groups in total. The standard InChI is InChI=1S/C14H20O3/c1-10-6-7-17-14(10)13(15)9-11-4-3-5-12(8-11)16-2/h3-5,8,10,13-15H,6-7,9H2,1-2H3. The molecule has 3 heteroatoms. The fraction of sp³-hybridized carbons (Fsp3) is 0.571. The van der Waals surface area contributed by atoms with Crippen LogP contribution in [0.2, 0.25) is 0 Å². The summed E-state index contributed by atoms with van der Waals surface area (Å²) >= 11 is 0. The predicted octanol–water partition coefficient (Wildman–Crippen LogP) is 2.02.